The Morgan fingerprint density at radius 1 is 1.31 bits per heavy atom. The van der Waals surface area contributed by atoms with E-state index >= 15 is 0 Å². The lowest BCUT2D eigenvalue weighted by Gasteiger charge is -2.62. The van der Waals surface area contributed by atoms with Crippen LogP contribution < -0.4 is 0 Å². The van der Waals surface area contributed by atoms with Gasteiger partial charge in [0.2, 0.25) is 0 Å². The molecule has 0 unspecified atom stereocenters. The molecule has 2 saturated carbocycles. The molecule has 0 heterocycles. The van der Waals surface area contributed by atoms with Crippen LogP contribution in [-0.2, 0) is 9.53 Å². The molecule has 4 nitrogen and oxygen atoms in total. The van der Waals surface area contributed by atoms with Crippen molar-refractivity contribution in [3.05, 3.63) is 12.7 Å². The van der Waals surface area contributed by atoms with Gasteiger partial charge in [-0.25, -0.2) is 0 Å². The Bertz CT molecular complexity index is 538. The fourth-order valence-corrected chi connectivity index (χ4v) is 6.05. The SMILES string of the molecule is C=C[C@](C)(O)CC[C@@H]1[C@@]2(C)CCC[C@@](C)(COC(C)=O)[C@@H]2CC[C@@]1(C)O. The quantitative estimate of drug-likeness (QED) is 0.545. The Hall–Kier alpha value is -0.870. The summed E-state index contributed by atoms with van der Waals surface area (Å²) in [6, 6.07) is 0. The molecule has 2 aliphatic carbocycles. The van der Waals surface area contributed by atoms with E-state index in [1.165, 1.54) is 6.92 Å². The number of hydrogen-bond acceptors (Lipinski definition) is 4. The molecule has 0 aliphatic heterocycles. The maximum atomic E-state index is 11.4. The van der Waals surface area contributed by atoms with Gasteiger partial charge in [0.15, 0.2) is 0 Å². The summed E-state index contributed by atoms with van der Waals surface area (Å²) in [7, 11) is 0. The highest BCUT2D eigenvalue weighted by Crippen LogP contribution is 2.63. The predicted octanol–water partition coefficient (Wildman–Crippen LogP) is 4.24. The maximum absolute atomic E-state index is 11.4. The molecule has 2 fully saturated rings. The van der Waals surface area contributed by atoms with E-state index in [9.17, 15) is 15.0 Å². The van der Waals surface area contributed by atoms with Gasteiger partial charge in [0, 0.05) is 12.3 Å². The summed E-state index contributed by atoms with van der Waals surface area (Å²) in [5.41, 5.74) is -1.71. The third-order valence-corrected chi connectivity index (χ3v) is 7.57. The van der Waals surface area contributed by atoms with Gasteiger partial charge in [-0.05, 0) is 69.6 Å². The Balaban J connectivity index is 2.29. The zero-order valence-electron chi connectivity index (χ0n) is 17.3. The first-order chi connectivity index (χ1) is 11.9. The molecule has 4 heteroatoms. The van der Waals surface area contributed by atoms with Gasteiger partial charge in [0.1, 0.15) is 0 Å². The fraction of sp³-hybridized carbons (Fsp3) is 0.864. The van der Waals surface area contributed by atoms with Crippen molar-refractivity contribution in [2.24, 2.45) is 22.7 Å². The first-order valence-corrected chi connectivity index (χ1v) is 10.1. The highest BCUT2D eigenvalue weighted by Gasteiger charge is 2.59. The summed E-state index contributed by atoms with van der Waals surface area (Å²) in [6.07, 6.45) is 7.87. The van der Waals surface area contributed by atoms with Crippen molar-refractivity contribution in [2.75, 3.05) is 6.61 Å². The summed E-state index contributed by atoms with van der Waals surface area (Å²) in [5.74, 6) is 0.291. The van der Waals surface area contributed by atoms with Gasteiger partial charge < -0.3 is 14.9 Å². The van der Waals surface area contributed by atoms with Gasteiger partial charge in [-0.15, -0.1) is 6.58 Å². The Morgan fingerprint density at radius 2 is 1.96 bits per heavy atom. The molecular weight excluding hydrogens is 328 g/mol. The van der Waals surface area contributed by atoms with Crippen LogP contribution >= 0.6 is 0 Å². The molecular formula is C22H38O4. The zero-order valence-corrected chi connectivity index (χ0v) is 17.3. The lowest BCUT2D eigenvalue weighted by molar-refractivity contribution is -0.188. The minimum atomic E-state index is -0.908. The van der Waals surface area contributed by atoms with Crippen LogP contribution in [0.3, 0.4) is 0 Å². The molecule has 2 rings (SSSR count). The summed E-state index contributed by atoms with van der Waals surface area (Å²) in [4.78, 5) is 11.4. The standard InChI is InChI=1S/C22H38O4/c1-7-20(4,24)13-9-18-21(5)12-8-11-19(3,15-26-16(2)23)17(21)10-14-22(18,6)25/h7,17-18,24-25H,1,8-15H2,2-6H3/t17-,18+,19-,20-,21-,22+/m0/s1. The largest absolute Gasteiger partial charge is 0.465 e. The molecule has 6 atom stereocenters. The molecule has 150 valence electrons. The van der Waals surface area contributed by atoms with Crippen LogP contribution in [0.5, 0.6) is 0 Å². The molecule has 0 bridgehead atoms. The van der Waals surface area contributed by atoms with Crippen molar-refractivity contribution in [1.29, 1.82) is 0 Å². The van der Waals surface area contributed by atoms with Crippen LogP contribution in [0.4, 0.5) is 0 Å². The predicted molar refractivity (Wildman–Crippen MR) is 104 cm³/mol. The van der Waals surface area contributed by atoms with E-state index in [1.54, 1.807) is 13.0 Å². The second kappa shape index (κ2) is 7.27. The molecule has 26 heavy (non-hydrogen) atoms. The van der Waals surface area contributed by atoms with E-state index in [-0.39, 0.29) is 22.7 Å². The van der Waals surface area contributed by atoms with Crippen molar-refractivity contribution in [3.63, 3.8) is 0 Å². The van der Waals surface area contributed by atoms with Crippen molar-refractivity contribution in [2.45, 2.75) is 90.8 Å². The number of carbonyl (C=O) groups excluding carboxylic acids is 1. The molecule has 0 aromatic rings. The van der Waals surface area contributed by atoms with E-state index in [4.69, 9.17) is 4.74 Å². The molecule has 2 aliphatic rings. The minimum Gasteiger partial charge on any atom is -0.465 e. The van der Waals surface area contributed by atoms with Gasteiger partial charge in [-0.3, -0.25) is 4.79 Å². The highest BCUT2D eigenvalue weighted by molar-refractivity contribution is 5.65. The fourth-order valence-electron chi connectivity index (χ4n) is 6.05. The number of aliphatic hydroxyl groups is 2. The second-order valence-corrected chi connectivity index (χ2v) is 9.89. The molecule has 0 aromatic carbocycles. The topological polar surface area (TPSA) is 66.8 Å². The van der Waals surface area contributed by atoms with Gasteiger partial charge in [-0.2, -0.15) is 0 Å². The van der Waals surface area contributed by atoms with Crippen molar-refractivity contribution < 1.29 is 19.7 Å². The van der Waals surface area contributed by atoms with Crippen LogP contribution in [0.25, 0.3) is 0 Å². The Morgan fingerprint density at radius 3 is 2.54 bits per heavy atom. The van der Waals surface area contributed by atoms with E-state index in [0.29, 0.717) is 18.9 Å². The summed E-state index contributed by atoms with van der Waals surface area (Å²) < 4.78 is 5.44. The number of carbonyl (C=O) groups is 1. The monoisotopic (exact) mass is 366 g/mol. The summed E-state index contributed by atoms with van der Waals surface area (Å²) in [6.45, 7) is 14.0. The molecule has 0 spiro atoms. The van der Waals surface area contributed by atoms with E-state index in [1.807, 2.05) is 6.92 Å². The van der Waals surface area contributed by atoms with Gasteiger partial charge in [0.05, 0.1) is 17.8 Å². The number of hydrogen-bond donors (Lipinski definition) is 2. The first-order valence-electron chi connectivity index (χ1n) is 10.1. The van der Waals surface area contributed by atoms with Crippen LogP contribution in [0.15, 0.2) is 12.7 Å². The molecule has 0 radical (unpaired) electrons. The van der Waals surface area contributed by atoms with Crippen molar-refractivity contribution in [1.82, 2.24) is 0 Å². The van der Waals surface area contributed by atoms with Crippen LogP contribution in [0.2, 0.25) is 0 Å². The van der Waals surface area contributed by atoms with Gasteiger partial charge in [-0.1, -0.05) is 26.3 Å². The van der Waals surface area contributed by atoms with Gasteiger partial charge >= 0.3 is 5.97 Å². The third kappa shape index (κ3) is 4.17. The average Bonchev–Trinajstić information content (AvgIpc) is 2.51. The van der Waals surface area contributed by atoms with Gasteiger partial charge in [0.25, 0.3) is 0 Å². The summed E-state index contributed by atoms with van der Waals surface area (Å²) >= 11 is 0. The van der Waals surface area contributed by atoms with E-state index < -0.39 is 11.2 Å². The first kappa shape index (κ1) is 21.4. The molecule has 0 saturated heterocycles. The average molecular weight is 367 g/mol. The lowest BCUT2D eigenvalue weighted by Crippen LogP contribution is -2.59. The van der Waals surface area contributed by atoms with Crippen molar-refractivity contribution >= 4 is 5.97 Å². The summed E-state index contributed by atoms with van der Waals surface area (Å²) in [5, 5.41) is 21.6. The third-order valence-electron chi connectivity index (χ3n) is 7.57. The molecule has 2 N–H and O–H groups in total. The highest BCUT2D eigenvalue weighted by atomic mass is 16.5. The normalized spacial score (nSPS) is 42.4. The lowest BCUT2D eigenvalue weighted by atomic mass is 9.44. The Kier molecular flexibility index (Phi) is 5.99. The smallest absolute Gasteiger partial charge is 0.302 e. The Labute approximate surface area is 159 Å². The number of fused-ring (bicyclic) bond motifs is 1. The van der Waals surface area contributed by atoms with Crippen LogP contribution in [-0.4, -0.2) is 34.0 Å². The minimum absolute atomic E-state index is 0.0217. The zero-order chi connectivity index (χ0) is 19.8. The number of ether oxygens (including phenoxy) is 1. The maximum Gasteiger partial charge on any atom is 0.302 e. The van der Waals surface area contributed by atoms with E-state index in [2.05, 4.69) is 20.4 Å². The number of esters is 1. The van der Waals surface area contributed by atoms with Crippen LogP contribution in [0.1, 0.15) is 79.6 Å². The molecule has 0 aromatic heterocycles. The van der Waals surface area contributed by atoms with Crippen molar-refractivity contribution in [3.8, 4) is 0 Å². The second-order valence-electron chi connectivity index (χ2n) is 9.89. The molecule has 0 amide bonds. The van der Waals surface area contributed by atoms with E-state index in [0.717, 1.165) is 38.5 Å². The number of rotatable bonds is 6. The van der Waals surface area contributed by atoms with Crippen LogP contribution in [0, 0.1) is 22.7 Å².